The Balaban J connectivity index is 1.07. The van der Waals surface area contributed by atoms with Crippen molar-refractivity contribution in [2.45, 2.75) is 117 Å². The van der Waals surface area contributed by atoms with Gasteiger partial charge in [0.1, 0.15) is 0 Å². The molecule has 2 aromatic rings. The lowest BCUT2D eigenvalue weighted by atomic mass is 9.32. The molecule has 7 nitrogen and oxygen atoms in total. The van der Waals surface area contributed by atoms with Crippen LogP contribution in [0.25, 0.3) is 0 Å². The molecule has 12 atom stereocenters. The average molecular weight is 721 g/mol. The predicted octanol–water partition coefficient (Wildman–Crippen LogP) is 8.90. The van der Waals surface area contributed by atoms with Gasteiger partial charge in [-0.1, -0.05) is 76.3 Å². The molecule has 11 rings (SSSR count). The third-order valence-electron chi connectivity index (χ3n) is 17.5. The quantitative estimate of drug-likeness (QED) is 0.187. The molecule has 0 aliphatic heterocycles. The molecular weight excluding hydrogens is 661 g/mol. The maximum absolute atomic E-state index is 14.6. The van der Waals surface area contributed by atoms with Gasteiger partial charge in [-0.3, -0.25) is 4.79 Å². The maximum atomic E-state index is 14.6. The minimum atomic E-state index is -1.13. The Hall–Kier alpha value is -3.16. The van der Waals surface area contributed by atoms with Gasteiger partial charge in [0.15, 0.2) is 5.76 Å². The van der Waals surface area contributed by atoms with E-state index in [1.54, 1.807) is 18.4 Å². The molecule has 1 aromatic heterocycles. The standard InChI is InChI=1S/C46H60N2O5/c1-29(30-10-7-6-8-11-30)47-40(51)48(27-31-13-14-32-24-34(31)41(32,2)3)28-45(52)20-17-38-43(45,5)19-16-37-42(4)18-15-33(49)25-44(42)21-22-46(37,38)35(26-44)39(50)36-12-9-23-53-36/h6-12,21-23,26,29,31-34,37-38,49,52H,13-20,24-25,27-28H2,1-5H3,(H,47,51). The molecule has 1 aromatic carbocycles. The van der Waals surface area contributed by atoms with E-state index in [1.807, 2.05) is 30.0 Å². The van der Waals surface area contributed by atoms with Crippen molar-refractivity contribution in [2.24, 2.45) is 56.7 Å². The summed E-state index contributed by atoms with van der Waals surface area (Å²) in [6.07, 6.45) is 17.1. The number of carbonyl (C=O) groups is 2. The van der Waals surface area contributed by atoms with Gasteiger partial charge in [-0.25, -0.2) is 4.79 Å². The highest BCUT2D eigenvalue weighted by molar-refractivity contribution is 6.08. The maximum Gasteiger partial charge on any atom is 0.317 e. The number of aliphatic hydroxyl groups is 2. The molecule has 53 heavy (non-hydrogen) atoms. The highest BCUT2D eigenvalue weighted by Gasteiger charge is 2.75. The highest BCUT2D eigenvalue weighted by Crippen LogP contribution is 2.78. The Kier molecular flexibility index (Phi) is 7.99. The van der Waals surface area contributed by atoms with Crippen molar-refractivity contribution >= 4 is 11.8 Å². The number of nitrogens with one attached hydrogen (secondary N) is 1. The summed E-state index contributed by atoms with van der Waals surface area (Å²) in [6, 6.07) is 13.4. The van der Waals surface area contributed by atoms with Crippen molar-refractivity contribution < 1.29 is 24.2 Å². The number of Topliss-reactive ketones (excluding diaryl/α,β-unsaturated/α-hetero) is 1. The van der Waals surface area contributed by atoms with Gasteiger partial charge in [0, 0.05) is 28.4 Å². The largest absolute Gasteiger partial charge is 0.461 e. The molecule has 2 amide bonds. The molecule has 9 aliphatic rings. The minimum Gasteiger partial charge on any atom is -0.461 e. The summed E-state index contributed by atoms with van der Waals surface area (Å²) in [4.78, 5) is 31.2. The topological polar surface area (TPSA) is 103 Å². The fourth-order valence-corrected chi connectivity index (χ4v) is 14.2. The van der Waals surface area contributed by atoms with Crippen LogP contribution >= 0.6 is 0 Å². The first-order valence-electron chi connectivity index (χ1n) is 20.7. The first-order chi connectivity index (χ1) is 25.2. The highest BCUT2D eigenvalue weighted by atomic mass is 16.3. The van der Waals surface area contributed by atoms with Gasteiger partial charge in [0.2, 0.25) is 5.78 Å². The zero-order chi connectivity index (χ0) is 37.2. The van der Waals surface area contributed by atoms with E-state index in [0.717, 1.165) is 55.6 Å². The number of ketones is 1. The Bertz CT molecular complexity index is 1830. The van der Waals surface area contributed by atoms with E-state index in [0.29, 0.717) is 42.4 Å². The van der Waals surface area contributed by atoms with Crippen molar-refractivity contribution in [3.63, 3.8) is 0 Å². The number of nitrogens with zero attached hydrogens (tertiary/aromatic N) is 1. The van der Waals surface area contributed by atoms with Gasteiger partial charge in [-0.15, -0.1) is 0 Å². The predicted molar refractivity (Wildman–Crippen MR) is 205 cm³/mol. The second-order valence-electron chi connectivity index (χ2n) is 19.8. The third kappa shape index (κ3) is 4.84. The SMILES string of the molecule is CC(NC(=O)N(CC1CCC2CC1C2(C)C)CC1(O)CCC2C34C=CC5(C=C3C(=O)c3ccco3)CC(O)CCC5(C)C4CCC21C)c1ccccc1. The smallest absolute Gasteiger partial charge is 0.317 e. The van der Waals surface area contributed by atoms with Gasteiger partial charge < -0.3 is 24.8 Å². The molecule has 4 bridgehead atoms. The summed E-state index contributed by atoms with van der Waals surface area (Å²) in [5.41, 5.74) is -0.578. The van der Waals surface area contributed by atoms with Gasteiger partial charge in [-0.05, 0) is 129 Å². The first-order valence-corrected chi connectivity index (χ1v) is 20.7. The van der Waals surface area contributed by atoms with E-state index < -0.39 is 27.9 Å². The molecule has 6 saturated carbocycles. The Morgan fingerprint density at radius 3 is 2.38 bits per heavy atom. The van der Waals surface area contributed by atoms with Crippen LogP contribution in [0.5, 0.6) is 0 Å². The number of rotatable bonds is 8. The molecule has 12 unspecified atom stereocenters. The fraction of sp³-hybridized carbons (Fsp3) is 0.652. The Morgan fingerprint density at radius 2 is 1.66 bits per heavy atom. The summed E-state index contributed by atoms with van der Waals surface area (Å²) in [5.74, 6) is 2.26. The zero-order valence-corrected chi connectivity index (χ0v) is 32.4. The molecule has 7 heteroatoms. The number of urea groups is 1. The van der Waals surface area contributed by atoms with Crippen LogP contribution in [0.4, 0.5) is 4.79 Å². The van der Waals surface area contributed by atoms with E-state index in [2.05, 4.69) is 63.4 Å². The molecule has 284 valence electrons. The number of hydrogen-bond acceptors (Lipinski definition) is 5. The number of carbonyl (C=O) groups excluding carboxylic acids is 2. The second kappa shape index (κ2) is 11.9. The summed E-state index contributed by atoms with van der Waals surface area (Å²) < 4.78 is 5.77. The van der Waals surface area contributed by atoms with Gasteiger partial charge >= 0.3 is 6.03 Å². The molecule has 0 saturated heterocycles. The lowest BCUT2D eigenvalue weighted by Crippen LogP contribution is -2.67. The van der Waals surface area contributed by atoms with Crippen LogP contribution in [0.3, 0.4) is 0 Å². The lowest BCUT2D eigenvalue weighted by Gasteiger charge is -2.71. The molecule has 2 spiro atoms. The number of amides is 2. The van der Waals surface area contributed by atoms with Gasteiger partial charge in [0.25, 0.3) is 0 Å². The van der Waals surface area contributed by atoms with Crippen LogP contribution in [-0.2, 0) is 0 Å². The van der Waals surface area contributed by atoms with Crippen LogP contribution in [-0.4, -0.2) is 51.7 Å². The molecule has 1 heterocycles. The average Bonchev–Trinajstić information content (AvgIpc) is 3.78. The van der Waals surface area contributed by atoms with Crippen LogP contribution in [0.1, 0.15) is 121 Å². The third-order valence-corrected chi connectivity index (χ3v) is 17.5. The molecule has 0 radical (unpaired) electrons. The van der Waals surface area contributed by atoms with Crippen LogP contribution in [0.15, 0.2) is 76.9 Å². The second-order valence-corrected chi connectivity index (χ2v) is 19.8. The van der Waals surface area contributed by atoms with Gasteiger partial charge in [0.05, 0.1) is 30.6 Å². The Labute approximate surface area is 315 Å². The zero-order valence-electron chi connectivity index (χ0n) is 32.4. The number of furan rings is 1. The molecule has 3 N–H and O–H groups in total. The normalized spacial score (nSPS) is 43.4. The summed E-state index contributed by atoms with van der Waals surface area (Å²) in [6.45, 7) is 12.5. The van der Waals surface area contributed by atoms with Crippen molar-refractivity contribution in [3.8, 4) is 0 Å². The fourth-order valence-electron chi connectivity index (χ4n) is 14.2. The monoisotopic (exact) mass is 720 g/mol. The van der Waals surface area contributed by atoms with Crippen molar-refractivity contribution in [1.82, 2.24) is 10.2 Å². The lowest BCUT2D eigenvalue weighted by molar-refractivity contribution is -0.176. The summed E-state index contributed by atoms with van der Waals surface area (Å²) in [5, 5.41) is 27.6. The molecule has 9 aliphatic carbocycles. The molecular formula is C46H60N2O5. The number of fused-ring (bicyclic) bond motifs is 3. The number of benzene rings is 1. The summed E-state index contributed by atoms with van der Waals surface area (Å²) in [7, 11) is 0. The van der Waals surface area contributed by atoms with E-state index in [4.69, 9.17) is 4.42 Å². The minimum absolute atomic E-state index is 0.0105. The van der Waals surface area contributed by atoms with Crippen molar-refractivity contribution in [1.29, 1.82) is 0 Å². The number of allylic oxidation sites excluding steroid dienone is 4. The summed E-state index contributed by atoms with van der Waals surface area (Å²) >= 11 is 0. The van der Waals surface area contributed by atoms with Gasteiger partial charge in [-0.2, -0.15) is 0 Å². The van der Waals surface area contributed by atoms with E-state index in [1.165, 1.54) is 12.8 Å². The van der Waals surface area contributed by atoms with E-state index in [9.17, 15) is 19.8 Å². The van der Waals surface area contributed by atoms with E-state index in [-0.39, 0.29) is 41.7 Å². The number of aliphatic hydroxyl groups excluding tert-OH is 1. The van der Waals surface area contributed by atoms with Crippen LogP contribution < -0.4 is 5.32 Å². The van der Waals surface area contributed by atoms with Crippen molar-refractivity contribution in [2.75, 3.05) is 13.1 Å². The first kappa shape index (κ1) is 35.5. The molecule has 6 fully saturated rings. The van der Waals surface area contributed by atoms with E-state index >= 15 is 0 Å². The van der Waals surface area contributed by atoms with Crippen LogP contribution in [0.2, 0.25) is 0 Å². The van der Waals surface area contributed by atoms with Crippen LogP contribution in [0, 0.1) is 56.7 Å². The number of hydrogen-bond donors (Lipinski definition) is 3. The Morgan fingerprint density at radius 1 is 0.925 bits per heavy atom. The van der Waals surface area contributed by atoms with Crippen molar-refractivity contribution in [3.05, 3.63) is 83.9 Å².